The molecule has 0 saturated carbocycles. The average molecular weight is 277 g/mol. The number of aromatic nitrogens is 4. The average Bonchev–Trinajstić information content (AvgIpc) is 2.86. The molecule has 0 spiro atoms. The first-order chi connectivity index (χ1) is 9.45. The van der Waals surface area contributed by atoms with Gasteiger partial charge in [0.05, 0.1) is 18.7 Å². The quantitative estimate of drug-likeness (QED) is 0.879. The Morgan fingerprint density at radius 2 is 2.15 bits per heavy atom. The van der Waals surface area contributed by atoms with Crippen LogP contribution in [-0.4, -0.2) is 32.0 Å². The van der Waals surface area contributed by atoms with Gasteiger partial charge in [-0.2, -0.15) is 5.10 Å². The van der Waals surface area contributed by atoms with Crippen molar-refractivity contribution in [2.24, 2.45) is 0 Å². The van der Waals surface area contributed by atoms with Gasteiger partial charge in [0.1, 0.15) is 11.4 Å². The molecule has 7 nitrogen and oxygen atoms in total. The molecule has 0 aliphatic heterocycles. The van der Waals surface area contributed by atoms with Crippen molar-refractivity contribution >= 4 is 5.91 Å². The van der Waals surface area contributed by atoms with Crippen molar-refractivity contribution < 1.29 is 9.42 Å². The van der Waals surface area contributed by atoms with Crippen LogP contribution in [0.5, 0.6) is 0 Å². The lowest BCUT2D eigenvalue weighted by atomic mass is 10.2. The van der Waals surface area contributed by atoms with Gasteiger partial charge in [-0.15, -0.1) is 0 Å². The molecule has 0 aliphatic rings. The third-order valence-corrected chi connectivity index (χ3v) is 3.03. The van der Waals surface area contributed by atoms with E-state index in [1.54, 1.807) is 6.92 Å². The van der Waals surface area contributed by atoms with Crippen LogP contribution in [0.2, 0.25) is 0 Å². The molecule has 1 atom stereocenters. The summed E-state index contributed by atoms with van der Waals surface area (Å²) in [6.07, 6.45) is 0.177. The van der Waals surface area contributed by atoms with Gasteiger partial charge in [0.2, 0.25) is 5.91 Å². The lowest BCUT2D eigenvalue weighted by molar-refractivity contribution is -0.121. The van der Waals surface area contributed by atoms with E-state index in [1.807, 2.05) is 31.5 Å². The Hall–Kier alpha value is -2.18. The van der Waals surface area contributed by atoms with Gasteiger partial charge in [-0.3, -0.25) is 9.48 Å². The molecule has 0 radical (unpaired) electrons. The standard InChI is InChI=1S/C13H19N5O2/c1-8-5-10(3)18(15-8)7-9(2)14-13(19)6-12-11(4)16-20-17-12/h5,9H,6-7H2,1-4H3,(H,14,19). The predicted molar refractivity (Wildman–Crippen MR) is 72.0 cm³/mol. The van der Waals surface area contributed by atoms with Gasteiger partial charge in [-0.05, 0) is 33.8 Å². The third-order valence-electron chi connectivity index (χ3n) is 3.03. The number of hydrogen-bond acceptors (Lipinski definition) is 5. The predicted octanol–water partition coefficient (Wildman–Crippen LogP) is 0.939. The highest BCUT2D eigenvalue weighted by Gasteiger charge is 2.14. The number of carbonyl (C=O) groups is 1. The van der Waals surface area contributed by atoms with Crippen molar-refractivity contribution in [1.82, 2.24) is 25.4 Å². The van der Waals surface area contributed by atoms with E-state index < -0.39 is 0 Å². The third kappa shape index (κ3) is 3.43. The molecule has 0 saturated heterocycles. The molecule has 7 heteroatoms. The highest BCUT2D eigenvalue weighted by atomic mass is 16.6. The highest BCUT2D eigenvalue weighted by molar-refractivity contribution is 5.78. The number of nitrogens with zero attached hydrogens (tertiary/aromatic N) is 4. The van der Waals surface area contributed by atoms with E-state index in [1.165, 1.54) is 0 Å². The molecule has 2 aromatic rings. The zero-order valence-corrected chi connectivity index (χ0v) is 12.2. The maximum absolute atomic E-state index is 11.9. The number of nitrogens with one attached hydrogen (secondary N) is 1. The molecule has 20 heavy (non-hydrogen) atoms. The van der Waals surface area contributed by atoms with E-state index in [-0.39, 0.29) is 18.4 Å². The van der Waals surface area contributed by atoms with Gasteiger partial charge in [-0.25, -0.2) is 4.63 Å². The van der Waals surface area contributed by atoms with Gasteiger partial charge < -0.3 is 5.32 Å². The van der Waals surface area contributed by atoms with E-state index >= 15 is 0 Å². The van der Waals surface area contributed by atoms with Crippen molar-refractivity contribution in [1.29, 1.82) is 0 Å². The largest absolute Gasteiger partial charge is 0.351 e. The summed E-state index contributed by atoms with van der Waals surface area (Å²) in [6.45, 7) is 8.30. The summed E-state index contributed by atoms with van der Waals surface area (Å²) >= 11 is 0. The minimum absolute atomic E-state index is 0.0133. The molecule has 0 aromatic carbocycles. The van der Waals surface area contributed by atoms with Crippen molar-refractivity contribution in [2.45, 2.75) is 46.7 Å². The maximum Gasteiger partial charge on any atom is 0.226 e. The first-order valence-corrected chi connectivity index (χ1v) is 6.54. The number of rotatable bonds is 5. The number of carbonyl (C=O) groups excluding carboxylic acids is 1. The molecule has 2 aromatic heterocycles. The normalized spacial score (nSPS) is 12.4. The molecular formula is C13H19N5O2. The Kier molecular flexibility index (Phi) is 4.16. The summed E-state index contributed by atoms with van der Waals surface area (Å²) in [5.41, 5.74) is 3.28. The van der Waals surface area contributed by atoms with Crippen molar-refractivity contribution in [3.8, 4) is 0 Å². The van der Waals surface area contributed by atoms with Crippen LogP contribution in [0.3, 0.4) is 0 Å². The summed E-state index contributed by atoms with van der Waals surface area (Å²) in [6, 6.07) is 2.00. The monoisotopic (exact) mass is 277 g/mol. The van der Waals surface area contributed by atoms with Gasteiger partial charge in [0, 0.05) is 11.7 Å². The second-order valence-corrected chi connectivity index (χ2v) is 5.05. The van der Waals surface area contributed by atoms with Crippen LogP contribution in [-0.2, 0) is 17.8 Å². The van der Waals surface area contributed by atoms with Gasteiger partial charge in [0.15, 0.2) is 0 Å². The molecule has 1 N–H and O–H groups in total. The summed E-state index contributed by atoms with van der Waals surface area (Å²) in [5.74, 6) is -0.0992. The summed E-state index contributed by atoms with van der Waals surface area (Å²) in [4.78, 5) is 11.9. The van der Waals surface area contributed by atoms with Crippen molar-refractivity contribution in [3.05, 3.63) is 28.8 Å². The first kappa shape index (κ1) is 14.2. The van der Waals surface area contributed by atoms with Crippen LogP contribution in [0, 0.1) is 20.8 Å². The molecule has 1 amide bonds. The van der Waals surface area contributed by atoms with Crippen LogP contribution >= 0.6 is 0 Å². The van der Waals surface area contributed by atoms with Gasteiger partial charge in [0.25, 0.3) is 0 Å². The Labute approximate surface area is 117 Å². The number of aryl methyl sites for hydroxylation is 3. The summed E-state index contributed by atoms with van der Waals surface area (Å²) in [7, 11) is 0. The van der Waals surface area contributed by atoms with Crippen LogP contribution < -0.4 is 5.32 Å². The van der Waals surface area contributed by atoms with Crippen LogP contribution in [0.4, 0.5) is 0 Å². The van der Waals surface area contributed by atoms with Gasteiger partial charge in [-0.1, -0.05) is 10.3 Å². The lowest BCUT2D eigenvalue weighted by Gasteiger charge is -2.14. The van der Waals surface area contributed by atoms with Crippen LogP contribution in [0.25, 0.3) is 0 Å². The molecule has 2 rings (SSSR count). The number of amides is 1. The SMILES string of the molecule is Cc1cc(C)n(CC(C)NC(=O)Cc2nonc2C)n1. The highest BCUT2D eigenvalue weighted by Crippen LogP contribution is 2.04. The fourth-order valence-corrected chi connectivity index (χ4v) is 2.05. The zero-order valence-electron chi connectivity index (χ0n) is 12.2. The van der Waals surface area contributed by atoms with E-state index in [2.05, 4.69) is 25.4 Å². The van der Waals surface area contributed by atoms with Crippen LogP contribution in [0.15, 0.2) is 10.7 Å². The first-order valence-electron chi connectivity index (χ1n) is 6.54. The molecule has 1 unspecified atom stereocenters. The second kappa shape index (κ2) is 5.85. The summed E-state index contributed by atoms with van der Waals surface area (Å²) < 4.78 is 6.46. The fourth-order valence-electron chi connectivity index (χ4n) is 2.05. The Balaban J connectivity index is 1.88. The molecule has 0 bridgehead atoms. The van der Waals surface area contributed by atoms with Crippen molar-refractivity contribution in [2.75, 3.05) is 0 Å². The minimum Gasteiger partial charge on any atom is -0.351 e. The Morgan fingerprint density at radius 3 is 2.70 bits per heavy atom. The molecule has 108 valence electrons. The van der Waals surface area contributed by atoms with Crippen LogP contribution in [0.1, 0.15) is 29.7 Å². The summed E-state index contributed by atoms with van der Waals surface area (Å²) in [5, 5.41) is 14.6. The Morgan fingerprint density at radius 1 is 1.40 bits per heavy atom. The number of hydrogen-bond donors (Lipinski definition) is 1. The van der Waals surface area contributed by atoms with Gasteiger partial charge >= 0.3 is 0 Å². The fraction of sp³-hybridized carbons (Fsp3) is 0.538. The topological polar surface area (TPSA) is 85.8 Å². The van der Waals surface area contributed by atoms with Crippen molar-refractivity contribution in [3.63, 3.8) is 0 Å². The lowest BCUT2D eigenvalue weighted by Crippen LogP contribution is -2.37. The van der Waals surface area contributed by atoms with E-state index in [9.17, 15) is 4.79 Å². The smallest absolute Gasteiger partial charge is 0.226 e. The molecule has 0 fully saturated rings. The molecule has 0 aliphatic carbocycles. The van der Waals surface area contributed by atoms with E-state index in [0.29, 0.717) is 17.9 Å². The molecule has 2 heterocycles. The Bertz CT molecular complexity index is 602. The molecular weight excluding hydrogens is 258 g/mol. The second-order valence-electron chi connectivity index (χ2n) is 5.05. The van der Waals surface area contributed by atoms with E-state index in [4.69, 9.17) is 0 Å². The van der Waals surface area contributed by atoms with E-state index in [0.717, 1.165) is 11.4 Å². The maximum atomic E-state index is 11.9. The minimum atomic E-state index is -0.0992. The zero-order chi connectivity index (χ0) is 14.7.